The van der Waals surface area contributed by atoms with Crippen molar-refractivity contribution in [1.29, 1.82) is 0 Å². The Morgan fingerprint density at radius 2 is 1.90 bits per heavy atom. The van der Waals surface area contributed by atoms with Crippen LogP contribution in [0.4, 0.5) is 0 Å². The van der Waals surface area contributed by atoms with Crippen molar-refractivity contribution in [3.8, 4) is 0 Å². The van der Waals surface area contributed by atoms with Crippen molar-refractivity contribution < 1.29 is 9.53 Å². The second-order valence-corrected chi connectivity index (χ2v) is 9.30. The van der Waals surface area contributed by atoms with Gasteiger partial charge in [-0.25, -0.2) is 4.98 Å². The fourth-order valence-electron chi connectivity index (χ4n) is 4.22. The molecule has 3 aromatic rings. The Hall–Kier alpha value is -2.55. The molecule has 0 aliphatic carbocycles. The van der Waals surface area contributed by atoms with Gasteiger partial charge in [-0.05, 0) is 37.5 Å². The standard InChI is InChI=1S/C23H28N4O3S/c1-14-10-27(11-15(2)30-14)12-18-8-6-5-7-17(18)9-24-21(28)20-16(3)19-22(31-20)25-13-26(4)23(19)29/h5-8,13-15H,9-12H2,1-4H3,(H,24,28). The number of carbonyl (C=O) groups is 1. The highest BCUT2D eigenvalue weighted by Crippen LogP contribution is 2.26. The first kappa shape index (κ1) is 21.7. The van der Waals surface area contributed by atoms with Gasteiger partial charge < -0.3 is 14.6 Å². The zero-order valence-corrected chi connectivity index (χ0v) is 19.2. The molecule has 0 radical (unpaired) electrons. The molecule has 3 heterocycles. The van der Waals surface area contributed by atoms with Gasteiger partial charge in [0.15, 0.2) is 0 Å². The topological polar surface area (TPSA) is 76.5 Å². The van der Waals surface area contributed by atoms with Crippen LogP contribution in [0.15, 0.2) is 35.4 Å². The van der Waals surface area contributed by atoms with Crippen LogP contribution in [0, 0.1) is 6.92 Å². The summed E-state index contributed by atoms with van der Waals surface area (Å²) in [5.74, 6) is -0.175. The predicted octanol–water partition coefficient (Wildman–Crippen LogP) is 2.84. The van der Waals surface area contributed by atoms with E-state index >= 15 is 0 Å². The zero-order valence-electron chi connectivity index (χ0n) is 18.3. The van der Waals surface area contributed by atoms with Crippen molar-refractivity contribution >= 4 is 27.5 Å². The van der Waals surface area contributed by atoms with E-state index in [0.717, 1.165) is 25.2 Å². The maximum atomic E-state index is 12.9. The lowest BCUT2D eigenvalue weighted by Crippen LogP contribution is -2.45. The summed E-state index contributed by atoms with van der Waals surface area (Å²) in [6, 6.07) is 8.20. The smallest absolute Gasteiger partial charge is 0.262 e. The van der Waals surface area contributed by atoms with Gasteiger partial charge in [0, 0.05) is 33.2 Å². The predicted molar refractivity (Wildman–Crippen MR) is 122 cm³/mol. The Kier molecular flexibility index (Phi) is 6.22. The summed E-state index contributed by atoms with van der Waals surface area (Å²) in [7, 11) is 1.67. The van der Waals surface area contributed by atoms with Crippen molar-refractivity contribution in [3.63, 3.8) is 0 Å². The minimum absolute atomic E-state index is 0.128. The van der Waals surface area contributed by atoms with E-state index in [1.807, 2.05) is 19.1 Å². The Labute approximate surface area is 185 Å². The summed E-state index contributed by atoms with van der Waals surface area (Å²) in [6.45, 7) is 9.07. The third kappa shape index (κ3) is 4.56. The lowest BCUT2D eigenvalue weighted by molar-refractivity contribution is -0.0705. The number of aromatic nitrogens is 2. The van der Waals surface area contributed by atoms with Gasteiger partial charge in [-0.2, -0.15) is 0 Å². The van der Waals surface area contributed by atoms with Gasteiger partial charge in [0.25, 0.3) is 11.5 Å². The molecule has 0 bridgehead atoms. The average Bonchev–Trinajstić information content (AvgIpc) is 3.06. The Balaban J connectivity index is 1.49. The number of hydrogen-bond acceptors (Lipinski definition) is 6. The molecular weight excluding hydrogens is 412 g/mol. The van der Waals surface area contributed by atoms with E-state index in [2.05, 4.69) is 41.2 Å². The van der Waals surface area contributed by atoms with Crippen LogP contribution in [-0.2, 0) is 24.9 Å². The monoisotopic (exact) mass is 440 g/mol. The van der Waals surface area contributed by atoms with E-state index in [1.54, 1.807) is 7.05 Å². The number of hydrogen-bond donors (Lipinski definition) is 1. The first-order valence-corrected chi connectivity index (χ1v) is 11.3. The number of benzene rings is 1. The molecule has 4 rings (SSSR count). The van der Waals surface area contributed by atoms with Crippen LogP contribution in [0.2, 0.25) is 0 Å². The van der Waals surface area contributed by atoms with Crippen LogP contribution in [0.25, 0.3) is 10.2 Å². The molecule has 8 heteroatoms. The average molecular weight is 441 g/mol. The fourth-order valence-corrected chi connectivity index (χ4v) is 5.28. The third-order valence-corrected chi connectivity index (χ3v) is 6.86. The highest BCUT2D eigenvalue weighted by molar-refractivity contribution is 7.20. The lowest BCUT2D eigenvalue weighted by atomic mass is 10.1. The summed E-state index contributed by atoms with van der Waals surface area (Å²) in [4.78, 5) is 33.2. The number of nitrogens with zero attached hydrogens (tertiary/aromatic N) is 3. The molecule has 2 aromatic heterocycles. The second kappa shape index (κ2) is 8.90. The van der Waals surface area contributed by atoms with Gasteiger partial charge in [0.1, 0.15) is 4.83 Å². The SMILES string of the molecule is Cc1c(C(=O)NCc2ccccc2CN2CC(C)OC(C)C2)sc2ncn(C)c(=O)c12. The van der Waals surface area contributed by atoms with Crippen LogP contribution in [-0.4, -0.2) is 45.7 Å². The molecule has 2 atom stereocenters. The number of rotatable bonds is 5. The van der Waals surface area contributed by atoms with E-state index in [0.29, 0.717) is 27.2 Å². The maximum Gasteiger partial charge on any atom is 0.262 e. The van der Waals surface area contributed by atoms with Gasteiger partial charge in [-0.3, -0.25) is 14.5 Å². The van der Waals surface area contributed by atoms with Gasteiger partial charge >= 0.3 is 0 Å². The molecule has 1 aromatic carbocycles. The Bertz CT molecular complexity index is 1160. The highest BCUT2D eigenvalue weighted by atomic mass is 32.1. The summed E-state index contributed by atoms with van der Waals surface area (Å²) < 4.78 is 7.28. The van der Waals surface area contributed by atoms with E-state index < -0.39 is 0 Å². The molecule has 1 aliphatic heterocycles. The number of aryl methyl sites for hydroxylation is 2. The van der Waals surface area contributed by atoms with Crippen LogP contribution < -0.4 is 10.9 Å². The largest absolute Gasteiger partial charge is 0.373 e. The van der Waals surface area contributed by atoms with Crippen molar-refractivity contribution in [1.82, 2.24) is 19.8 Å². The molecular formula is C23H28N4O3S. The van der Waals surface area contributed by atoms with Gasteiger partial charge in [0.05, 0.1) is 28.8 Å². The minimum atomic E-state index is -0.175. The van der Waals surface area contributed by atoms with Crippen LogP contribution in [0.5, 0.6) is 0 Å². The lowest BCUT2D eigenvalue weighted by Gasteiger charge is -2.35. The quantitative estimate of drug-likeness (QED) is 0.660. The zero-order chi connectivity index (χ0) is 22.1. The number of morpholine rings is 1. The molecule has 1 amide bonds. The van der Waals surface area contributed by atoms with Gasteiger partial charge in [0.2, 0.25) is 0 Å². The highest BCUT2D eigenvalue weighted by Gasteiger charge is 2.23. The summed E-state index contributed by atoms with van der Waals surface area (Å²) >= 11 is 1.26. The summed E-state index contributed by atoms with van der Waals surface area (Å²) in [5, 5.41) is 3.56. The molecule has 0 spiro atoms. The number of carbonyl (C=O) groups excluding carboxylic acids is 1. The van der Waals surface area contributed by atoms with Gasteiger partial charge in [-0.1, -0.05) is 24.3 Å². The normalized spacial score (nSPS) is 19.6. The van der Waals surface area contributed by atoms with Crippen LogP contribution in [0.1, 0.15) is 40.2 Å². The van der Waals surface area contributed by atoms with E-state index in [-0.39, 0.29) is 23.7 Å². The van der Waals surface area contributed by atoms with Crippen molar-refractivity contribution in [2.24, 2.45) is 7.05 Å². The fraction of sp³-hybridized carbons (Fsp3) is 0.435. The number of amides is 1. The van der Waals surface area contributed by atoms with Crippen LogP contribution in [0.3, 0.4) is 0 Å². The molecule has 7 nitrogen and oxygen atoms in total. The van der Waals surface area contributed by atoms with E-state index in [9.17, 15) is 9.59 Å². The van der Waals surface area contributed by atoms with E-state index in [4.69, 9.17) is 4.74 Å². The second-order valence-electron chi connectivity index (χ2n) is 8.30. The molecule has 31 heavy (non-hydrogen) atoms. The Morgan fingerprint density at radius 1 is 1.23 bits per heavy atom. The minimum Gasteiger partial charge on any atom is -0.373 e. The third-order valence-electron chi connectivity index (χ3n) is 5.66. The molecule has 1 aliphatic rings. The Morgan fingerprint density at radius 3 is 2.61 bits per heavy atom. The van der Waals surface area contributed by atoms with E-state index in [1.165, 1.54) is 27.8 Å². The van der Waals surface area contributed by atoms with Gasteiger partial charge in [-0.15, -0.1) is 11.3 Å². The van der Waals surface area contributed by atoms with Crippen LogP contribution >= 0.6 is 11.3 Å². The van der Waals surface area contributed by atoms with Crippen molar-refractivity contribution in [2.75, 3.05) is 13.1 Å². The first-order chi connectivity index (χ1) is 14.8. The number of thiophene rings is 1. The molecule has 1 N–H and O–H groups in total. The molecule has 0 saturated carbocycles. The summed E-state index contributed by atoms with van der Waals surface area (Å²) in [5.41, 5.74) is 2.86. The van der Waals surface area contributed by atoms with Crippen molar-refractivity contribution in [3.05, 3.63) is 62.5 Å². The van der Waals surface area contributed by atoms with Crippen molar-refractivity contribution in [2.45, 2.75) is 46.1 Å². The molecule has 1 saturated heterocycles. The number of nitrogens with one attached hydrogen (secondary N) is 1. The number of ether oxygens (including phenoxy) is 1. The number of fused-ring (bicyclic) bond motifs is 1. The first-order valence-electron chi connectivity index (χ1n) is 10.5. The summed E-state index contributed by atoms with van der Waals surface area (Å²) in [6.07, 6.45) is 1.92. The molecule has 2 unspecified atom stereocenters. The maximum absolute atomic E-state index is 12.9. The molecule has 1 fully saturated rings. The molecule has 164 valence electrons.